The first kappa shape index (κ1) is 15.6. The largest absolute Gasteiger partial charge is 0.412 e. The van der Waals surface area contributed by atoms with E-state index in [2.05, 4.69) is 0 Å². The van der Waals surface area contributed by atoms with Crippen LogP contribution in [0.5, 0.6) is 0 Å². The van der Waals surface area contributed by atoms with Crippen LogP contribution in [0.4, 0.5) is 0 Å². The van der Waals surface area contributed by atoms with Crippen LogP contribution < -0.4 is 0 Å². The van der Waals surface area contributed by atoms with Crippen molar-refractivity contribution >= 4 is 51.4 Å². The van der Waals surface area contributed by atoms with E-state index in [1.807, 2.05) is 0 Å². The van der Waals surface area contributed by atoms with Gasteiger partial charge in [0.05, 0.1) is 0 Å². The van der Waals surface area contributed by atoms with Crippen molar-refractivity contribution in [3.63, 3.8) is 0 Å². The molecule has 0 aromatic heterocycles. The van der Waals surface area contributed by atoms with Gasteiger partial charge in [-0.15, -0.1) is 0 Å². The molecule has 0 aromatic carbocycles. The van der Waals surface area contributed by atoms with Crippen LogP contribution in [0.25, 0.3) is 0 Å². The van der Waals surface area contributed by atoms with Crippen LogP contribution in [0.1, 0.15) is 13.8 Å². The minimum Gasteiger partial charge on any atom is -0.412 e. The maximum absolute atomic E-state index is 8.06. The van der Waals surface area contributed by atoms with Gasteiger partial charge in [0.15, 0.2) is 0 Å². The summed E-state index contributed by atoms with van der Waals surface area (Å²) < 4.78 is 0. The summed E-state index contributed by atoms with van der Waals surface area (Å²) in [4.78, 5) is 0. The standard InChI is InChI=1S/C3H8O.K.H2O/c1-3(2)4;;/h3-4H,1-2H3;;1H2. The van der Waals surface area contributed by atoms with Gasteiger partial charge in [0.1, 0.15) is 0 Å². The SMILES string of the molecule is CC(C)O.O.[K]. The second-order valence-corrected chi connectivity index (χ2v) is 1.09. The maximum Gasteiger partial charge on any atom is 0.0483 e. The van der Waals surface area contributed by atoms with Crippen LogP contribution in [-0.4, -0.2) is 68.1 Å². The average Bonchev–Trinajstić information content (AvgIpc) is 0.811. The zero-order valence-corrected chi connectivity index (χ0v) is 7.65. The van der Waals surface area contributed by atoms with Crippen molar-refractivity contribution in [3.8, 4) is 0 Å². The van der Waals surface area contributed by atoms with Gasteiger partial charge in [0.2, 0.25) is 0 Å². The van der Waals surface area contributed by atoms with E-state index in [0.717, 1.165) is 0 Å². The Bertz CT molecular complexity index is 13.5. The molecule has 6 heavy (non-hydrogen) atoms. The van der Waals surface area contributed by atoms with Crippen LogP contribution in [-0.2, 0) is 0 Å². The van der Waals surface area contributed by atoms with Crippen LogP contribution >= 0.6 is 0 Å². The van der Waals surface area contributed by atoms with Crippen LogP contribution in [0.15, 0.2) is 0 Å². The van der Waals surface area contributed by atoms with Gasteiger partial charge in [-0.25, -0.2) is 0 Å². The summed E-state index contributed by atoms with van der Waals surface area (Å²) in [6.07, 6.45) is -0.167. The van der Waals surface area contributed by atoms with Crippen molar-refractivity contribution in [2.45, 2.75) is 20.0 Å². The normalized spacial score (nSPS) is 6.00. The van der Waals surface area contributed by atoms with Gasteiger partial charge < -0.3 is 10.6 Å². The van der Waals surface area contributed by atoms with E-state index >= 15 is 0 Å². The van der Waals surface area contributed by atoms with E-state index in [9.17, 15) is 0 Å². The molecule has 0 aliphatic heterocycles. The quantitative estimate of drug-likeness (QED) is 0.414. The molecule has 0 saturated heterocycles. The van der Waals surface area contributed by atoms with Gasteiger partial charge in [-0.3, -0.25) is 0 Å². The minimum atomic E-state index is -0.167. The molecule has 0 rings (SSSR count). The minimum absolute atomic E-state index is 0. The molecule has 3 N–H and O–H groups in total. The summed E-state index contributed by atoms with van der Waals surface area (Å²) in [5, 5.41) is 8.06. The molecule has 0 saturated carbocycles. The molecule has 0 unspecified atom stereocenters. The van der Waals surface area contributed by atoms with Gasteiger partial charge in [-0.1, -0.05) is 0 Å². The first-order valence-electron chi connectivity index (χ1n) is 1.41. The summed E-state index contributed by atoms with van der Waals surface area (Å²) in [5.74, 6) is 0. The first-order valence-corrected chi connectivity index (χ1v) is 1.41. The maximum atomic E-state index is 8.06. The van der Waals surface area contributed by atoms with Gasteiger partial charge in [-0.2, -0.15) is 0 Å². The third-order valence-electron chi connectivity index (χ3n) is 0. The second kappa shape index (κ2) is 9.75. The summed E-state index contributed by atoms with van der Waals surface area (Å²) in [7, 11) is 0. The van der Waals surface area contributed by atoms with Gasteiger partial charge in [0, 0.05) is 57.5 Å². The molecule has 0 aliphatic carbocycles. The Morgan fingerprint density at radius 1 is 1.33 bits per heavy atom. The number of rotatable bonds is 0. The molecule has 0 bridgehead atoms. The van der Waals surface area contributed by atoms with Crippen LogP contribution in [0, 0.1) is 0 Å². The van der Waals surface area contributed by atoms with E-state index in [1.54, 1.807) is 13.8 Å². The van der Waals surface area contributed by atoms with Gasteiger partial charge in [-0.05, 0) is 13.8 Å². The molecule has 1 radical (unpaired) electrons. The monoisotopic (exact) mass is 117 g/mol. The van der Waals surface area contributed by atoms with Crippen molar-refractivity contribution in [1.29, 1.82) is 0 Å². The second-order valence-electron chi connectivity index (χ2n) is 1.09. The fourth-order valence-electron chi connectivity index (χ4n) is 0. The van der Waals surface area contributed by atoms with Crippen molar-refractivity contribution in [3.05, 3.63) is 0 Å². The fourth-order valence-corrected chi connectivity index (χ4v) is 0. The number of hydrogen-bond donors (Lipinski definition) is 1. The molecular formula is C3H10KO2. The molecule has 35 valence electrons. The first-order chi connectivity index (χ1) is 1.73. The Kier molecular flexibility index (Phi) is 25.4. The van der Waals surface area contributed by atoms with Crippen molar-refractivity contribution in [2.24, 2.45) is 0 Å². The summed E-state index contributed by atoms with van der Waals surface area (Å²) in [6, 6.07) is 0. The number of aliphatic hydroxyl groups excluding tert-OH is 1. The average molecular weight is 117 g/mol. The Morgan fingerprint density at radius 3 is 1.33 bits per heavy atom. The smallest absolute Gasteiger partial charge is 0.0483 e. The molecule has 0 fully saturated rings. The van der Waals surface area contributed by atoms with E-state index in [4.69, 9.17) is 5.11 Å². The Morgan fingerprint density at radius 2 is 1.33 bits per heavy atom. The molecular weight excluding hydrogens is 107 g/mol. The zero-order valence-electron chi connectivity index (χ0n) is 4.52. The van der Waals surface area contributed by atoms with E-state index in [-0.39, 0.29) is 63.0 Å². The molecule has 0 aromatic rings. The summed E-state index contributed by atoms with van der Waals surface area (Å²) >= 11 is 0. The van der Waals surface area contributed by atoms with Gasteiger partial charge >= 0.3 is 0 Å². The number of aliphatic hydroxyl groups is 1. The predicted molar refractivity (Wildman–Crippen MR) is 26.7 cm³/mol. The summed E-state index contributed by atoms with van der Waals surface area (Å²) in [5.41, 5.74) is 0. The zero-order chi connectivity index (χ0) is 3.58. The van der Waals surface area contributed by atoms with Crippen molar-refractivity contribution in [1.82, 2.24) is 0 Å². The van der Waals surface area contributed by atoms with Crippen LogP contribution in [0.2, 0.25) is 0 Å². The van der Waals surface area contributed by atoms with Crippen molar-refractivity contribution < 1.29 is 10.6 Å². The number of hydrogen-bond acceptors (Lipinski definition) is 1. The molecule has 2 nitrogen and oxygen atoms in total. The van der Waals surface area contributed by atoms with E-state index in [1.165, 1.54) is 0 Å². The third kappa shape index (κ3) is 47.6. The molecule has 0 amide bonds. The molecule has 0 aliphatic rings. The van der Waals surface area contributed by atoms with E-state index in [0.29, 0.717) is 0 Å². The predicted octanol–water partition coefficient (Wildman–Crippen LogP) is -0.818. The topological polar surface area (TPSA) is 51.7 Å². The third-order valence-corrected chi connectivity index (χ3v) is 0. The Labute approximate surface area is 80.7 Å². The molecule has 0 atom stereocenters. The van der Waals surface area contributed by atoms with Crippen LogP contribution in [0.3, 0.4) is 0 Å². The van der Waals surface area contributed by atoms with Crippen molar-refractivity contribution in [2.75, 3.05) is 0 Å². The molecule has 0 spiro atoms. The summed E-state index contributed by atoms with van der Waals surface area (Å²) in [6.45, 7) is 3.44. The molecule has 0 heterocycles. The van der Waals surface area contributed by atoms with E-state index < -0.39 is 0 Å². The fraction of sp³-hybridized carbons (Fsp3) is 1.00. The molecule has 3 heteroatoms. The Hall–Kier alpha value is 1.56. The Balaban J connectivity index is -0.0000000450. The van der Waals surface area contributed by atoms with Gasteiger partial charge in [0.25, 0.3) is 0 Å².